The van der Waals surface area contributed by atoms with Crippen molar-refractivity contribution < 1.29 is 9.90 Å². The van der Waals surface area contributed by atoms with Crippen LogP contribution in [0.4, 0.5) is 0 Å². The van der Waals surface area contributed by atoms with Crippen molar-refractivity contribution in [1.82, 2.24) is 16.2 Å². The number of nitrogens with one attached hydrogen (secondary N) is 3. The highest BCUT2D eigenvalue weighted by Gasteiger charge is 2.28. The van der Waals surface area contributed by atoms with Crippen LogP contribution in [0.5, 0.6) is 0 Å². The van der Waals surface area contributed by atoms with Gasteiger partial charge in [0, 0.05) is 19.0 Å². The van der Waals surface area contributed by atoms with Crippen LogP contribution in [0, 0.1) is 5.92 Å². The first-order valence-electron chi connectivity index (χ1n) is 6.18. The van der Waals surface area contributed by atoms with Gasteiger partial charge in [0.1, 0.15) is 6.04 Å². The van der Waals surface area contributed by atoms with Crippen molar-refractivity contribution in [3.8, 4) is 0 Å². The molecule has 1 aromatic carbocycles. The number of hydrogen-bond donors (Lipinski definition) is 4. The standard InChI is InChI=1S/C13H19N3O2/c1-9(13(17)18)14-7-11-8-15-16-12(11)10-5-3-2-4-6-10/h2-6,9,11-12,14-16H,7-8H2,1H3,(H,17,18). The van der Waals surface area contributed by atoms with E-state index in [0.717, 1.165) is 6.54 Å². The first-order chi connectivity index (χ1) is 8.68. The molecule has 1 aromatic rings. The molecular formula is C13H19N3O2. The quantitative estimate of drug-likeness (QED) is 0.612. The SMILES string of the molecule is CC(NCC1CNNC1c1ccccc1)C(=O)O. The van der Waals surface area contributed by atoms with Crippen LogP contribution in [-0.2, 0) is 4.79 Å². The van der Waals surface area contributed by atoms with Crippen molar-refractivity contribution in [3.63, 3.8) is 0 Å². The second kappa shape index (κ2) is 5.95. The van der Waals surface area contributed by atoms with Crippen molar-refractivity contribution in [2.45, 2.75) is 19.0 Å². The fourth-order valence-corrected chi connectivity index (χ4v) is 2.16. The zero-order valence-corrected chi connectivity index (χ0v) is 10.4. The van der Waals surface area contributed by atoms with Gasteiger partial charge in [0.05, 0.1) is 6.04 Å². The molecule has 0 spiro atoms. The molecule has 4 N–H and O–H groups in total. The molecule has 1 saturated heterocycles. The predicted molar refractivity (Wildman–Crippen MR) is 68.9 cm³/mol. The Morgan fingerprint density at radius 3 is 2.89 bits per heavy atom. The molecule has 1 fully saturated rings. The lowest BCUT2D eigenvalue weighted by Crippen LogP contribution is -2.38. The molecule has 0 aliphatic carbocycles. The van der Waals surface area contributed by atoms with Gasteiger partial charge < -0.3 is 10.4 Å². The molecule has 5 heteroatoms. The number of aliphatic carboxylic acids is 1. The van der Waals surface area contributed by atoms with E-state index in [-0.39, 0.29) is 6.04 Å². The average molecular weight is 249 g/mol. The summed E-state index contributed by atoms with van der Waals surface area (Å²) in [5.41, 5.74) is 7.59. The van der Waals surface area contributed by atoms with Crippen LogP contribution in [0.25, 0.3) is 0 Å². The Labute approximate surface area is 107 Å². The van der Waals surface area contributed by atoms with Crippen LogP contribution in [0.1, 0.15) is 18.5 Å². The minimum absolute atomic E-state index is 0.222. The number of hydrogen-bond acceptors (Lipinski definition) is 4. The molecule has 0 saturated carbocycles. The Bertz CT molecular complexity index is 396. The maximum absolute atomic E-state index is 10.8. The van der Waals surface area contributed by atoms with Gasteiger partial charge >= 0.3 is 5.97 Å². The minimum atomic E-state index is -0.815. The zero-order valence-electron chi connectivity index (χ0n) is 10.4. The monoisotopic (exact) mass is 249 g/mol. The molecule has 1 aliphatic rings. The zero-order chi connectivity index (χ0) is 13.0. The van der Waals surface area contributed by atoms with E-state index in [1.165, 1.54) is 5.56 Å². The van der Waals surface area contributed by atoms with Crippen LogP contribution in [0.3, 0.4) is 0 Å². The first-order valence-corrected chi connectivity index (χ1v) is 6.18. The maximum atomic E-state index is 10.8. The Kier molecular flexibility index (Phi) is 4.30. The van der Waals surface area contributed by atoms with E-state index >= 15 is 0 Å². The lowest BCUT2D eigenvalue weighted by Gasteiger charge is -2.20. The Morgan fingerprint density at radius 2 is 2.22 bits per heavy atom. The van der Waals surface area contributed by atoms with Crippen LogP contribution in [-0.4, -0.2) is 30.2 Å². The normalized spacial score (nSPS) is 24.9. The fourth-order valence-electron chi connectivity index (χ4n) is 2.16. The second-order valence-corrected chi connectivity index (χ2v) is 4.64. The Balaban J connectivity index is 1.94. The van der Waals surface area contributed by atoms with Gasteiger partial charge in [0.25, 0.3) is 0 Å². The van der Waals surface area contributed by atoms with E-state index in [4.69, 9.17) is 5.11 Å². The van der Waals surface area contributed by atoms with Crippen molar-refractivity contribution in [2.75, 3.05) is 13.1 Å². The van der Waals surface area contributed by atoms with Crippen molar-refractivity contribution in [2.24, 2.45) is 5.92 Å². The molecule has 5 nitrogen and oxygen atoms in total. The first kappa shape index (κ1) is 13.0. The smallest absolute Gasteiger partial charge is 0.320 e. The third-order valence-corrected chi connectivity index (χ3v) is 3.31. The number of carboxylic acids is 1. The highest BCUT2D eigenvalue weighted by atomic mass is 16.4. The summed E-state index contributed by atoms with van der Waals surface area (Å²) >= 11 is 0. The summed E-state index contributed by atoms with van der Waals surface area (Å²) in [6.45, 7) is 3.17. The van der Waals surface area contributed by atoms with Gasteiger partial charge in [-0.3, -0.25) is 10.2 Å². The van der Waals surface area contributed by atoms with E-state index < -0.39 is 12.0 Å². The number of carbonyl (C=O) groups is 1. The second-order valence-electron chi connectivity index (χ2n) is 4.64. The lowest BCUT2D eigenvalue weighted by molar-refractivity contribution is -0.139. The van der Waals surface area contributed by atoms with Crippen molar-refractivity contribution in [1.29, 1.82) is 0 Å². The number of benzene rings is 1. The van der Waals surface area contributed by atoms with E-state index in [9.17, 15) is 4.79 Å². The van der Waals surface area contributed by atoms with Crippen LogP contribution >= 0.6 is 0 Å². The highest BCUT2D eigenvalue weighted by Crippen LogP contribution is 2.23. The van der Waals surface area contributed by atoms with Gasteiger partial charge in [-0.2, -0.15) is 0 Å². The highest BCUT2D eigenvalue weighted by molar-refractivity contribution is 5.72. The third-order valence-electron chi connectivity index (χ3n) is 3.31. The van der Waals surface area contributed by atoms with Gasteiger partial charge in [-0.15, -0.1) is 0 Å². The maximum Gasteiger partial charge on any atom is 0.320 e. The van der Waals surface area contributed by atoms with Gasteiger partial charge in [-0.25, -0.2) is 5.43 Å². The van der Waals surface area contributed by atoms with Gasteiger partial charge in [0.15, 0.2) is 0 Å². The lowest BCUT2D eigenvalue weighted by atomic mass is 9.95. The van der Waals surface area contributed by atoms with E-state index in [1.807, 2.05) is 18.2 Å². The summed E-state index contributed by atoms with van der Waals surface area (Å²) in [6, 6.07) is 9.89. The Hall–Kier alpha value is -1.43. The van der Waals surface area contributed by atoms with E-state index in [0.29, 0.717) is 12.5 Å². The number of hydrazine groups is 1. The summed E-state index contributed by atoms with van der Waals surface area (Å²) < 4.78 is 0. The summed E-state index contributed by atoms with van der Waals surface area (Å²) in [6.07, 6.45) is 0. The summed E-state index contributed by atoms with van der Waals surface area (Å²) in [5.74, 6) is -0.473. The summed E-state index contributed by atoms with van der Waals surface area (Å²) in [5, 5.41) is 11.9. The van der Waals surface area contributed by atoms with Crippen LogP contribution in [0.15, 0.2) is 30.3 Å². The van der Waals surface area contributed by atoms with Crippen LogP contribution < -0.4 is 16.2 Å². The average Bonchev–Trinajstić information content (AvgIpc) is 2.85. The van der Waals surface area contributed by atoms with E-state index in [2.05, 4.69) is 28.3 Å². The molecule has 0 radical (unpaired) electrons. The third kappa shape index (κ3) is 3.07. The fraction of sp³-hybridized carbons (Fsp3) is 0.462. The molecule has 3 atom stereocenters. The van der Waals surface area contributed by atoms with E-state index in [1.54, 1.807) is 6.92 Å². The molecule has 18 heavy (non-hydrogen) atoms. The van der Waals surface area contributed by atoms with Crippen LogP contribution in [0.2, 0.25) is 0 Å². The summed E-state index contributed by atoms with van der Waals surface area (Å²) in [7, 11) is 0. The molecule has 2 rings (SSSR count). The number of carboxylic acid groups (broad SMARTS) is 1. The Morgan fingerprint density at radius 1 is 1.50 bits per heavy atom. The molecule has 0 aromatic heterocycles. The molecule has 0 amide bonds. The largest absolute Gasteiger partial charge is 0.480 e. The molecule has 1 aliphatic heterocycles. The van der Waals surface area contributed by atoms with Gasteiger partial charge in [0.2, 0.25) is 0 Å². The summed E-state index contributed by atoms with van der Waals surface area (Å²) in [4.78, 5) is 10.8. The van der Waals surface area contributed by atoms with Crippen molar-refractivity contribution in [3.05, 3.63) is 35.9 Å². The molecule has 1 heterocycles. The van der Waals surface area contributed by atoms with Crippen molar-refractivity contribution >= 4 is 5.97 Å². The minimum Gasteiger partial charge on any atom is -0.480 e. The van der Waals surface area contributed by atoms with Gasteiger partial charge in [-0.05, 0) is 12.5 Å². The predicted octanol–water partition coefficient (Wildman–Crippen LogP) is 0.514. The van der Waals surface area contributed by atoms with Gasteiger partial charge in [-0.1, -0.05) is 30.3 Å². The molecular weight excluding hydrogens is 230 g/mol. The molecule has 98 valence electrons. The number of rotatable bonds is 5. The molecule has 3 unspecified atom stereocenters. The topological polar surface area (TPSA) is 73.4 Å². The molecule has 0 bridgehead atoms.